The van der Waals surface area contributed by atoms with Crippen LogP contribution in [0.25, 0.3) is 22.4 Å². The van der Waals surface area contributed by atoms with Crippen molar-refractivity contribution in [1.29, 1.82) is 0 Å². The molecule has 0 aliphatic carbocycles. The van der Waals surface area contributed by atoms with Gasteiger partial charge in [0.05, 0.1) is 18.6 Å². The minimum Gasteiger partial charge on any atom is -0.341 e. The van der Waals surface area contributed by atoms with Gasteiger partial charge < -0.3 is 9.55 Å². The normalized spacial score (nSPS) is 14.7. The molecule has 3 heterocycles. The summed E-state index contributed by atoms with van der Waals surface area (Å²) in [5.41, 5.74) is 2.20. The summed E-state index contributed by atoms with van der Waals surface area (Å²) in [6.45, 7) is 3.01. The highest BCUT2D eigenvalue weighted by Gasteiger charge is 2.22. The molecule has 0 bridgehead atoms. The highest BCUT2D eigenvalue weighted by Crippen LogP contribution is 2.22. The van der Waals surface area contributed by atoms with Gasteiger partial charge in [-0.3, -0.25) is 4.90 Å². The van der Waals surface area contributed by atoms with Gasteiger partial charge in [-0.2, -0.15) is 0 Å². The molecular weight excluding hydrogens is 331 g/mol. The van der Waals surface area contributed by atoms with Crippen molar-refractivity contribution in [2.45, 2.75) is 19.6 Å². The molecule has 2 aromatic carbocycles. The van der Waals surface area contributed by atoms with Crippen molar-refractivity contribution in [1.82, 2.24) is 29.6 Å². The first kappa shape index (κ1) is 15.2. The van der Waals surface area contributed by atoms with Gasteiger partial charge in [-0.1, -0.05) is 36.4 Å². The number of para-hydroxylation sites is 1. The fourth-order valence-electron chi connectivity index (χ4n) is 3.48. The van der Waals surface area contributed by atoms with Crippen molar-refractivity contribution in [2.24, 2.45) is 0 Å². The molecule has 0 spiro atoms. The molecule has 4 aromatic rings. The quantitative estimate of drug-likeness (QED) is 0.618. The van der Waals surface area contributed by atoms with Crippen LogP contribution in [0.4, 0.5) is 4.39 Å². The van der Waals surface area contributed by atoms with Crippen LogP contribution in [-0.4, -0.2) is 36.2 Å². The molecule has 0 atom stereocenters. The number of H-pyrrole nitrogens is 1. The largest absolute Gasteiger partial charge is 0.341 e. The molecular formula is C19H17FN6. The molecule has 2 aromatic heterocycles. The molecule has 0 radical (unpaired) electrons. The lowest BCUT2D eigenvalue weighted by molar-refractivity contribution is 0.205. The Labute approximate surface area is 149 Å². The van der Waals surface area contributed by atoms with Crippen LogP contribution in [0.1, 0.15) is 11.6 Å². The smallest absolute Gasteiger partial charge is 0.164 e. The monoisotopic (exact) mass is 348 g/mol. The number of nitrogens with zero attached hydrogens (tertiary/aromatic N) is 5. The summed E-state index contributed by atoms with van der Waals surface area (Å²) in [5, 5.41) is 8.73. The van der Waals surface area contributed by atoms with Crippen LogP contribution in [0, 0.1) is 5.82 Å². The summed E-state index contributed by atoms with van der Waals surface area (Å²) in [6.07, 6.45) is 0. The summed E-state index contributed by atoms with van der Waals surface area (Å²) in [7, 11) is 0. The van der Waals surface area contributed by atoms with Gasteiger partial charge in [-0.25, -0.2) is 9.37 Å². The zero-order chi connectivity index (χ0) is 17.5. The van der Waals surface area contributed by atoms with Gasteiger partial charge in [-0.15, -0.1) is 10.2 Å². The number of nitrogens with one attached hydrogen (secondary N) is 1. The highest BCUT2D eigenvalue weighted by molar-refractivity contribution is 5.75. The molecule has 0 amide bonds. The predicted octanol–water partition coefficient (Wildman–Crippen LogP) is 2.98. The maximum atomic E-state index is 13.8. The van der Waals surface area contributed by atoms with Crippen LogP contribution in [0.15, 0.2) is 48.5 Å². The molecule has 0 saturated heterocycles. The number of imidazole rings is 1. The van der Waals surface area contributed by atoms with Gasteiger partial charge in [-0.05, 0) is 12.1 Å². The number of fused-ring (bicyclic) bond motifs is 2. The van der Waals surface area contributed by atoms with Gasteiger partial charge in [0.15, 0.2) is 11.6 Å². The highest BCUT2D eigenvalue weighted by atomic mass is 19.1. The van der Waals surface area contributed by atoms with Crippen LogP contribution in [0.3, 0.4) is 0 Å². The maximum absolute atomic E-state index is 13.8. The van der Waals surface area contributed by atoms with Crippen LogP contribution in [0.2, 0.25) is 0 Å². The van der Waals surface area contributed by atoms with Crippen LogP contribution < -0.4 is 0 Å². The van der Waals surface area contributed by atoms with Crippen LogP contribution in [0.5, 0.6) is 0 Å². The van der Waals surface area contributed by atoms with E-state index in [1.807, 2.05) is 36.4 Å². The first-order chi connectivity index (χ1) is 12.8. The second-order valence-electron chi connectivity index (χ2n) is 6.49. The fourth-order valence-corrected chi connectivity index (χ4v) is 3.48. The van der Waals surface area contributed by atoms with Gasteiger partial charge >= 0.3 is 0 Å². The summed E-state index contributed by atoms with van der Waals surface area (Å²) in [6, 6.07) is 15.1. The van der Waals surface area contributed by atoms with E-state index in [0.717, 1.165) is 41.6 Å². The second kappa shape index (κ2) is 6.03. The first-order valence-corrected chi connectivity index (χ1v) is 8.61. The Morgan fingerprint density at radius 2 is 1.88 bits per heavy atom. The summed E-state index contributed by atoms with van der Waals surface area (Å²) in [4.78, 5) is 9.85. The molecule has 0 saturated carbocycles. The lowest BCUT2D eigenvalue weighted by Gasteiger charge is -2.26. The van der Waals surface area contributed by atoms with Gasteiger partial charge in [0.2, 0.25) is 0 Å². The molecule has 1 N–H and O–H groups in total. The zero-order valence-corrected chi connectivity index (χ0v) is 14.1. The lowest BCUT2D eigenvalue weighted by Crippen LogP contribution is -2.33. The lowest BCUT2D eigenvalue weighted by atomic mass is 10.2. The summed E-state index contributed by atoms with van der Waals surface area (Å²) in [5.74, 6) is 2.32. The van der Waals surface area contributed by atoms with E-state index >= 15 is 0 Å². The maximum Gasteiger partial charge on any atom is 0.164 e. The predicted molar refractivity (Wildman–Crippen MR) is 95.6 cm³/mol. The standard InChI is InChI=1S/C19H17FN6/c20-14-7-4-8-15-18(14)22-16(21-15)11-25-9-10-26-17(12-25)23-24-19(26)13-5-2-1-3-6-13/h1-8H,9-12H2,(H,21,22). The SMILES string of the molecule is Fc1cccc2[nH]c(CN3CCn4c(nnc4-c4ccccc4)C3)nc12. The number of hydrogen-bond donors (Lipinski definition) is 1. The Hall–Kier alpha value is -3.06. The van der Waals surface area contributed by atoms with Crippen molar-refractivity contribution < 1.29 is 4.39 Å². The molecule has 26 heavy (non-hydrogen) atoms. The average molecular weight is 348 g/mol. The van der Waals surface area contributed by atoms with E-state index in [-0.39, 0.29) is 5.82 Å². The Morgan fingerprint density at radius 1 is 1.00 bits per heavy atom. The van der Waals surface area contributed by atoms with Gasteiger partial charge in [0.1, 0.15) is 17.2 Å². The number of aromatic nitrogens is 5. The number of aromatic amines is 1. The van der Waals surface area contributed by atoms with Crippen molar-refractivity contribution >= 4 is 11.0 Å². The average Bonchev–Trinajstić information content (AvgIpc) is 3.27. The molecule has 0 unspecified atom stereocenters. The molecule has 130 valence electrons. The van der Waals surface area contributed by atoms with Crippen molar-refractivity contribution in [3.8, 4) is 11.4 Å². The molecule has 7 heteroatoms. The topological polar surface area (TPSA) is 62.6 Å². The van der Waals surface area contributed by atoms with Crippen LogP contribution >= 0.6 is 0 Å². The van der Waals surface area contributed by atoms with E-state index in [1.54, 1.807) is 6.07 Å². The van der Waals surface area contributed by atoms with Crippen molar-refractivity contribution in [2.75, 3.05) is 6.54 Å². The van der Waals surface area contributed by atoms with Crippen molar-refractivity contribution in [3.63, 3.8) is 0 Å². The van der Waals surface area contributed by atoms with Gasteiger partial charge in [0.25, 0.3) is 0 Å². The molecule has 1 aliphatic rings. The third-order valence-electron chi connectivity index (χ3n) is 4.75. The number of halogens is 1. The third kappa shape index (κ3) is 2.57. The van der Waals surface area contributed by atoms with E-state index in [1.165, 1.54) is 6.07 Å². The second-order valence-corrected chi connectivity index (χ2v) is 6.49. The summed E-state index contributed by atoms with van der Waals surface area (Å²) < 4.78 is 16.0. The number of rotatable bonds is 3. The summed E-state index contributed by atoms with van der Waals surface area (Å²) >= 11 is 0. The van der Waals surface area contributed by atoms with Gasteiger partial charge in [0, 0.05) is 18.7 Å². The minimum absolute atomic E-state index is 0.295. The third-order valence-corrected chi connectivity index (χ3v) is 4.75. The Balaban J connectivity index is 1.37. The molecule has 1 aliphatic heterocycles. The van der Waals surface area contributed by atoms with Crippen LogP contribution in [-0.2, 0) is 19.6 Å². The fraction of sp³-hybridized carbons (Fsp3) is 0.211. The first-order valence-electron chi connectivity index (χ1n) is 8.61. The molecule has 6 nitrogen and oxygen atoms in total. The van der Waals surface area contributed by atoms with E-state index in [0.29, 0.717) is 18.6 Å². The molecule has 0 fully saturated rings. The number of hydrogen-bond acceptors (Lipinski definition) is 4. The Bertz CT molecular complexity index is 1070. The Morgan fingerprint density at radius 3 is 2.73 bits per heavy atom. The zero-order valence-electron chi connectivity index (χ0n) is 14.1. The molecule has 5 rings (SSSR count). The van der Waals surface area contributed by atoms with E-state index in [9.17, 15) is 4.39 Å². The minimum atomic E-state index is -0.295. The van der Waals surface area contributed by atoms with Crippen molar-refractivity contribution in [3.05, 3.63) is 66.0 Å². The number of benzene rings is 2. The van der Waals surface area contributed by atoms with E-state index < -0.39 is 0 Å². The van der Waals surface area contributed by atoms with E-state index in [2.05, 4.69) is 29.6 Å². The Kier molecular flexibility index (Phi) is 3.53. The van der Waals surface area contributed by atoms with E-state index in [4.69, 9.17) is 0 Å².